The zero-order valence-electron chi connectivity index (χ0n) is 10.4. The highest BCUT2D eigenvalue weighted by atomic mass is 16.3. The van der Waals surface area contributed by atoms with Crippen LogP contribution in [0.1, 0.15) is 31.6 Å². The maximum atomic E-state index is 8.98. The van der Waals surface area contributed by atoms with Crippen molar-refractivity contribution in [1.29, 1.82) is 0 Å². The van der Waals surface area contributed by atoms with E-state index in [4.69, 9.17) is 15.3 Å². The Balaban J connectivity index is 2.03. The van der Waals surface area contributed by atoms with Gasteiger partial charge in [0.2, 0.25) is 0 Å². The Hall–Kier alpha value is -0.840. The number of nitrogens with two attached hydrogens (primary N) is 1. The quantitative estimate of drug-likeness (QED) is 0.813. The number of hydrogen-bond donors (Lipinski definition) is 2. The minimum absolute atomic E-state index is 0.0500. The lowest BCUT2D eigenvalue weighted by molar-refractivity contribution is 0.178. The second-order valence-electron chi connectivity index (χ2n) is 4.98. The first kappa shape index (κ1) is 12.6. The molecule has 3 N–H and O–H groups in total. The van der Waals surface area contributed by atoms with Crippen molar-refractivity contribution in [3.8, 4) is 0 Å². The molecule has 17 heavy (non-hydrogen) atoms. The first-order valence-electron chi connectivity index (χ1n) is 6.36. The molecule has 1 aromatic heterocycles. The zero-order chi connectivity index (χ0) is 12.3. The third-order valence-electron chi connectivity index (χ3n) is 3.58. The highest BCUT2D eigenvalue weighted by Gasteiger charge is 2.32. The molecule has 0 saturated carbocycles. The Morgan fingerprint density at radius 3 is 3.06 bits per heavy atom. The molecule has 2 heterocycles. The topological polar surface area (TPSA) is 62.6 Å². The maximum absolute atomic E-state index is 8.98. The van der Waals surface area contributed by atoms with Gasteiger partial charge in [0.05, 0.1) is 12.3 Å². The molecule has 3 unspecified atom stereocenters. The lowest BCUT2D eigenvalue weighted by atomic mass is 10.0. The minimum atomic E-state index is 0.0500. The number of nitrogens with zero attached hydrogens (tertiary/aromatic N) is 1. The molecule has 3 atom stereocenters. The van der Waals surface area contributed by atoms with Gasteiger partial charge in [-0.25, -0.2) is 0 Å². The average Bonchev–Trinajstić information content (AvgIpc) is 2.91. The molecule has 4 heteroatoms. The van der Waals surface area contributed by atoms with Gasteiger partial charge >= 0.3 is 0 Å². The van der Waals surface area contributed by atoms with Gasteiger partial charge in [-0.05, 0) is 44.4 Å². The highest BCUT2D eigenvalue weighted by molar-refractivity contribution is 5.08. The van der Waals surface area contributed by atoms with Crippen molar-refractivity contribution in [1.82, 2.24) is 4.90 Å². The highest BCUT2D eigenvalue weighted by Crippen LogP contribution is 2.30. The molecule has 1 aliphatic heterocycles. The molecule has 0 spiro atoms. The second-order valence-corrected chi connectivity index (χ2v) is 4.98. The van der Waals surface area contributed by atoms with E-state index in [-0.39, 0.29) is 18.7 Å². The van der Waals surface area contributed by atoms with Crippen molar-refractivity contribution in [2.24, 2.45) is 11.7 Å². The van der Waals surface area contributed by atoms with Crippen molar-refractivity contribution >= 4 is 0 Å². The van der Waals surface area contributed by atoms with Gasteiger partial charge in [0.15, 0.2) is 0 Å². The zero-order valence-corrected chi connectivity index (χ0v) is 10.4. The molecule has 0 aliphatic carbocycles. The van der Waals surface area contributed by atoms with Gasteiger partial charge in [-0.15, -0.1) is 0 Å². The summed E-state index contributed by atoms with van der Waals surface area (Å²) in [6.45, 7) is 4.35. The third kappa shape index (κ3) is 2.89. The lowest BCUT2D eigenvalue weighted by Gasteiger charge is -2.29. The smallest absolute Gasteiger partial charge is 0.122 e. The van der Waals surface area contributed by atoms with E-state index < -0.39 is 0 Å². The van der Waals surface area contributed by atoms with Crippen LogP contribution in [-0.2, 0) is 0 Å². The van der Waals surface area contributed by atoms with E-state index in [0.29, 0.717) is 5.92 Å². The van der Waals surface area contributed by atoms with Crippen LogP contribution in [-0.4, -0.2) is 35.7 Å². The van der Waals surface area contributed by atoms with Crippen LogP contribution in [0.4, 0.5) is 0 Å². The maximum Gasteiger partial charge on any atom is 0.122 e. The molecular weight excluding hydrogens is 216 g/mol. The van der Waals surface area contributed by atoms with E-state index >= 15 is 0 Å². The normalized spacial score (nSPS) is 25.0. The first-order valence-corrected chi connectivity index (χ1v) is 6.36. The molecule has 96 valence electrons. The van der Waals surface area contributed by atoms with Crippen LogP contribution in [0.5, 0.6) is 0 Å². The first-order chi connectivity index (χ1) is 8.22. The molecule has 2 rings (SSSR count). The van der Waals surface area contributed by atoms with Crippen molar-refractivity contribution in [3.05, 3.63) is 24.2 Å². The summed E-state index contributed by atoms with van der Waals surface area (Å²) < 4.78 is 5.49. The average molecular weight is 238 g/mol. The van der Waals surface area contributed by atoms with Crippen LogP contribution in [0.3, 0.4) is 0 Å². The van der Waals surface area contributed by atoms with Crippen LogP contribution in [0.2, 0.25) is 0 Å². The summed E-state index contributed by atoms with van der Waals surface area (Å²) in [6, 6.07) is 4.11. The van der Waals surface area contributed by atoms with Crippen molar-refractivity contribution < 1.29 is 9.52 Å². The Bertz CT molecular complexity index is 324. The fraction of sp³-hybridized carbons (Fsp3) is 0.692. The Morgan fingerprint density at radius 2 is 2.47 bits per heavy atom. The van der Waals surface area contributed by atoms with Gasteiger partial charge in [0, 0.05) is 19.2 Å². The van der Waals surface area contributed by atoms with Crippen molar-refractivity contribution in [2.45, 2.75) is 31.8 Å². The second kappa shape index (κ2) is 5.67. The molecule has 4 nitrogen and oxygen atoms in total. The molecule has 0 bridgehead atoms. The number of aliphatic hydroxyl groups is 1. The predicted molar refractivity (Wildman–Crippen MR) is 66.5 cm³/mol. The van der Waals surface area contributed by atoms with Gasteiger partial charge in [0.1, 0.15) is 5.76 Å². The van der Waals surface area contributed by atoms with Crippen LogP contribution in [0, 0.1) is 5.92 Å². The van der Waals surface area contributed by atoms with Crippen LogP contribution in [0.15, 0.2) is 22.8 Å². The summed E-state index contributed by atoms with van der Waals surface area (Å²) in [4.78, 5) is 2.38. The van der Waals surface area contributed by atoms with Gasteiger partial charge in [-0.2, -0.15) is 0 Å². The van der Waals surface area contributed by atoms with Crippen LogP contribution < -0.4 is 5.73 Å². The van der Waals surface area contributed by atoms with Gasteiger partial charge in [-0.1, -0.05) is 0 Å². The molecule has 0 amide bonds. The summed E-state index contributed by atoms with van der Waals surface area (Å²) in [5, 5.41) is 8.98. The molecular formula is C13H22N2O2. The van der Waals surface area contributed by atoms with Crippen molar-refractivity contribution in [3.63, 3.8) is 0 Å². The third-order valence-corrected chi connectivity index (χ3v) is 3.58. The summed E-state index contributed by atoms with van der Waals surface area (Å²) >= 11 is 0. The number of aliphatic hydroxyl groups excluding tert-OH is 1. The molecule has 1 aromatic rings. The summed E-state index contributed by atoms with van der Waals surface area (Å²) in [5.74, 6) is 1.54. The van der Waals surface area contributed by atoms with Crippen LogP contribution in [0.25, 0.3) is 0 Å². The minimum Gasteiger partial charge on any atom is -0.468 e. The van der Waals surface area contributed by atoms with E-state index in [1.165, 1.54) is 0 Å². The van der Waals surface area contributed by atoms with Crippen molar-refractivity contribution in [2.75, 3.05) is 19.7 Å². The molecule has 1 saturated heterocycles. The summed E-state index contributed by atoms with van der Waals surface area (Å²) in [6.07, 6.45) is 3.73. The predicted octanol–water partition coefficient (Wildman–Crippen LogP) is 1.37. The Labute approximate surface area is 102 Å². The SMILES string of the molecule is CC(N)C(c1ccco1)N1CCC(CCO)C1. The molecule has 0 radical (unpaired) electrons. The fourth-order valence-electron chi connectivity index (χ4n) is 2.76. The monoisotopic (exact) mass is 238 g/mol. The number of hydrogen-bond acceptors (Lipinski definition) is 4. The van der Waals surface area contributed by atoms with E-state index in [2.05, 4.69) is 4.90 Å². The summed E-state index contributed by atoms with van der Waals surface area (Å²) in [5.41, 5.74) is 6.08. The number of likely N-dealkylation sites (tertiary alicyclic amines) is 1. The van der Waals surface area contributed by atoms with Gasteiger partial charge < -0.3 is 15.3 Å². The number of rotatable bonds is 5. The van der Waals surface area contributed by atoms with Gasteiger partial charge in [0.25, 0.3) is 0 Å². The molecule has 1 fully saturated rings. The molecule has 0 aromatic carbocycles. The molecule has 1 aliphatic rings. The van der Waals surface area contributed by atoms with Gasteiger partial charge in [-0.3, -0.25) is 4.90 Å². The standard InChI is InChI=1S/C13H22N2O2/c1-10(14)13(12-3-2-8-17-12)15-6-4-11(9-15)5-7-16/h2-3,8,10-11,13,16H,4-7,9,14H2,1H3. The number of furan rings is 1. The van der Waals surface area contributed by atoms with E-state index in [1.54, 1.807) is 6.26 Å². The Kier molecular flexibility index (Phi) is 4.20. The van der Waals surface area contributed by atoms with E-state index in [1.807, 2.05) is 19.1 Å². The van der Waals surface area contributed by atoms with Crippen LogP contribution >= 0.6 is 0 Å². The van der Waals surface area contributed by atoms with E-state index in [9.17, 15) is 0 Å². The van der Waals surface area contributed by atoms with E-state index in [0.717, 1.165) is 31.7 Å². The Morgan fingerprint density at radius 1 is 1.65 bits per heavy atom. The summed E-state index contributed by atoms with van der Waals surface area (Å²) in [7, 11) is 0. The largest absolute Gasteiger partial charge is 0.468 e. The lowest BCUT2D eigenvalue weighted by Crippen LogP contribution is -2.38. The fourth-order valence-corrected chi connectivity index (χ4v) is 2.76.